The van der Waals surface area contributed by atoms with Gasteiger partial charge in [0.15, 0.2) is 0 Å². The van der Waals surface area contributed by atoms with Crippen LogP contribution < -0.4 is 5.73 Å². The Balaban J connectivity index is 2.83. The molecule has 0 aliphatic heterocycles. The number of aromatic nitrogens is 2. The van der Waals surface area contributed by atoms with E-state index in [-0.39, 0.29) is 0 Å². The topological polar surface area (TPSA) is 51.8 Å². The lowest BCUT2D eigenvalue weighted by Gasteiger charge is -2.01. The molecule has 0 aliphatic rings. The predicted octanol–water partition coefficient (Wildman–Crippen LogP) is 2.68. The molecular weight excluding hydrogens is 198 g/mol. The van der Waals surface area contributed by atoms with Crippen LogP contribution in [0.15, 0.2) is 48.2 Å². The van der Waals surface area contributed by atoms with Crippen molar-refractivity contribution in [3.63, 3.8) is 0 Å². The molecule has 1 aromatic rings. The van der Waals surface area contributed by atoms with Gasteiger partial charge in [-0.3, -0.25) is 0 Å². The molecule has 0 spiro atoms. The summed E-state index contributed by atoms with van der Waals surface area (Å²) in [6.07, 6.45) is 12.6. The molecule has 0 aliphatic carbocycles. The zero-order valence-corrected chi connectivity index (χ0v) is 9.72. The van der Waals surface area contributed by atoms with Gasteiger partial charge in [0, 0.05) is 12.6 Å². The Morgan fingerprint density at radius 2 is 2.19 bits per heavy atom. The van der Waals surface area contributed by atoms with Crippen molar-refractivity contribution < 1.29 is 0 Å². The molecule has 0 bridgehead atoms. The average Bonchev–Trinajstić information content (AvgIpc) is 2.26. The second kappa shape index (κ2) is 6.56. The lowest BCUT2D eigenvalue weighted by molar-refractivity contribution is 1.04. The number of nitrogens with two attached hydrogens (primary N) is 1. The van der Waals surface area contributed by atoms with Crippen molar-refractivity contribution in [1.82, 2.24) is 9.97 Å². The summed E-state index contributed by atoms with van der Waals surface area (Å²) in [4.78, 5) is 8.04. The lowest BCUT2D eigenvalue weighted by atomic mass is 10.1. The molecule has 0 atom stereocenters. The minimum absolute atomic E-state index is 0.323. The molecule has 2 N–H and O–H groups in total. The summed E-state index contributed by atoms with van der Waals surface area (Å²) in [6, 6.07) is 1.88. The number of hydrogen-bond acceptors (Lipinski definition) is 3. The Kier molecular flexibility index (Phi) is 4.99. The van der Waals surface area contributed by atoms with Crippen LogP contribution in [0.1, 0.15) is 19.5 Å². The molecule has 0 aromatic carbocycles. The van der Waals surface area contributed by atoms with Gasteiger partial charge in [-0.25, -0.2) is 9.97 Å². The van der Waals surface area contributed by atoms with Crippen molar-refractivity contribution in [3.8, 4) is 0 Å². The molecule has 1 aromatic heterocycles. The molecule has 0 fully saturated rings. The monoisotopic (exact) mass is 215 g/mol. The van der Waals surface area contributed by atoms with E-state index < -0.39 is 0 Å². The van der Waals surface area contributed by atoms with Gasteiger partial charge in [-0.1, -0.05) is 30.4 Å². The number of anilines is 1. The van der Waals surface area contributed by atoms with Crippen LogP contribution >= 0.6 is 0 Å². The van der Waals surface area contributed by atoms with Gasteiger partial charge in [0.05, 0.1) is 5.69 Å². The van der Waals surface area contributed by atoms with Gasteiger partial charge in [0.2, 0.25) is 5.95 Å². The average molecular weight is 215 g/mol. The molecule has 0 amide bonds. The molecule has 3 nitrogen and oxygen atoms in total. The summed E-state index contributed by atoms with van der Waals surface area (Å²) in [5.41, 5.74) is 7.66. The third kappa shape index (κ3) is 4.09. The van der Waals surface area contributed by atoms with Crippen molar-refractivity contribution in [2.45, 2.75) is 20.3 Å². The third-order valence-electron chi connectivity index (χ3n) is 2.00. The maximum absolute atomic E-state index is 5.53. The van der Waals surface area contributed by atoms with Crippen molar-refractivity contribution >= 4 is 5.95 Å². The first-order valence-electron chi connectivity index (χ1n) is 5.28. The fraction of sp³-hybridized carbons (Fsp3) is 0.231. The van der Waals surface area contributed by atoms with Gasteiger partial charge in [-0.05, 0) is 25.5 Å². The van der Waals surface area contributed by atoms with E-state index in [2.05, 4.69) is 22.1 Å². The highest BCUT2D eigenvalue weighted by atomic mass is 15.0. The molecule has 0 unspecified atom stereocenters. The molecule has 1 rings (SSSR count). The number of allylic oxidation sites excluding steroid dienone is 6. The third-order valence-corrected chi connectivity index (χ3v) is 2.00. The second-order valence-corrected chi connectivity index (χ2v) is 3.35. The highest BCUT2D eigenvalue weighted by Crippen LogP contribution is 2.08. The minimum Gasteiger partial charge on any atom is -0.368 e. The van der Waals surface area contributed by atoms with E-state index >= 15 is 0 Å². The van der Waals surface area contributed by atoms with E-state index in [1.165, 1.54) is 5.57 Å². The number of hydrogen-bond donors (Lipinski definition) is 1. The standard InChI is InChI=1S/C13H17N3/c1-3-5-7-11(6-4-2)10-12-8-9-15-13(14)16-12/h3-9H,10H2,1-2H3,(H2,14,15,16)/b5-3-,6-4-,11-7+. The number of rotatable bonds is 4. The number of nitrogens with zero attached hydrogens (tertiary/aromatic N) is 2. The summed E-state index contributed by atoms with van der Waals surface area (Å²) in [5, 5.41) is 0. The minimum atomic E-state index is 0.323. The van der Waals surface area contributed by atoms with Gasteiger partial charge in [0.25, 0.3) is 0 Å². The largest absolute Gasteiger partial charge is 0.368 e. The Bertz CT molecular complexity index is 417. The first kappa shape index (κ1) is 12.2. The molecule has 84 valence electrons. The van der Waals surface area contributed by atoms with Crippen LogP contribution in [-0.2, 0) is 6.42 Å². The van der Waals surface area contributed by atoms with Gasteiger partial charge in [-0.2, -0.15) is 0 Å². The highest BCUT2D eigenvalue weighted by Gasteiger charge is 1.98. The number of nitrogen functional groups attached to an aromatic ring is 1. The Labute approximate surface area is 96.4 Å². The van der Waals surface area contributed by atoms with E-state index in [1.54, 1.807) is 6.20 Å². The first-order valence-corrected chi connectivity index (χ1v) is 5.28. The van der Waals surface area contributed by atoms with Crippen LogP contribution in [0.2, 0.25) is 0 Å². The summed E-state index contributed by atoms with van der Waals surface area (Å²) >= 11 is 0. The molecule has 1 heterocycles. The van der Waals surface area contributed by atoms with Crippen LogP contribution in [0.5, 0.6) is 0 Å². The van der Waals surface area contributed by atoms with Crippen LogP contribution in [0, 0.1) is 0 Å². The summed E-state index contributed by atoms with van der Waals surface area (Å²) in [6.45, 7) is 3.99. The Hall–Kier alpha value is -1.90. The van der Waals surface area contributed by atoms with Crippen LogP contribution in [0.3, 0.4) is 0 Å². The summed E-state index contributed by atoms with van der Waals surface area (Å²) in [7, 11) is 0. The van der Waals surface area contributed by atoms with Gasteiger partial charge in [0.1, 0.15) is 0 Å². The quantitative estimate of drug-likeness (QED) is 0.785. The molecule has 0 radical (unpaired) electrons. The molecular formula is C13H17N3. The van der Waals surface area contributed by atoms with Crippen molar-refractivity contribution in [3.05, 3.63) is 53.9 Å². The fourth-order valence-corrected chi connectivity index (χ4v) is 1.33. The van der Waals surface area contributed by atoms with Crippen LogP contribution in [0.4, 0.5) is 5.95 Å². The maximum Gasteiger partial charge on any atom is 0.220 e. The van der Waals surface area contributed by atoms with Gasteiger partial charge in [-0.15, -0.1) is 0 Å². The molecule has 0 saturated carbocycles. The Morgan fingerprint density at radius 1 is 1.38 bits per heavy atom. The van der Waals surface area contributed by atoms with E-state index in [0.29, 0.717) is 5.95 Å². The molecule has 16 heavy (non-hydrogen) atoms. The van der Waals surface area contributed by atoms with Crippen molar-refractivity contribution in [2.75, 3.05) is 5.73 Å². The van der Waals surface area contributed by atoms with E-state index in [1.807, 2.05) is 38.1 Å². The maximum atomic E-state index is 5.53. The van der Waals surface area contributed by atoms with E-state index in [0.717, 1.165) is 12.1 Å². The SMILES string of the molecule is C\C=C/C=C(\C=C/C)Cc1ccnc(N)n1. The van der Waals surface area contributed by atoms with Crippen LogP contribution in [-0.4, -0.2) is 9.97 Å². The lowest BCUT2D eigenvalue weighted by Crippen LogP contribution is -1.99. The molecule has 3 heteroatoms. The zero-order valence-electron chi connectivity index (χ0n) is 9.72. The smallest absolute Gasteiger partial charge is 0.220 e. The van der Waals surface area contributed by atoms with Crippen LogP contribution in [0.25, 0.3) is 0 Å². The predicted molar refractivity (Wildman–Crippen MR) is 67.9 cm³/mol. The fourth-order valence-electron chi connectivity index (χ4n) is 1.33. The van der Waals surface area contributed by atoms with E-state index in [4.69, 9.17) is 5.73 Å². The highest BCUT2D eigenvalue weighted by molar-refractivity contribution is 5.29. The summed E-state index contributed by atoms with van der Waals surface area (Å²) in [5.74, 6) is 0.323. The van der Waals surface area contributed by atoms with Gasteiger partial charge < -0.3 is 5.73 Å². The molecule has 0 saturated heterocycles. The zero-order chi connectivity index (χ0) is 11.8. The van der Waals surface area contributed by atoms with E-state index in [9.17, 15) is 0 Å². The Morgan fingerprint density at radius 3 is 2.81 bits per heavy atom. The van der Waals surface area contributed by atoms with Crippen molar-refractivity contribution in [1.29, 1.82) is 0 Å². The normalized spacial score (nSPS) is 12.8. The van der Waals surface area contributed by atoms with Gasteiger partial charge >= 0.3 is 0 Å². The summed E-state index contributed by atoms with van der Waals surface area (Å²) < 4.78 is 0. The second-order valence-electron chi connectivity index (χ2n) is 3.35. The first-order chi connectivity index (χ1) is 7.76. The van der Waals surface area contributed by atoms with Crippen molar-refractivity contribution in [2.24, 2.45) is 0 Å².